The van der Waals surface area contributed by atoms with Gasteiger partial charge in [-0.3, -0.25) is 0 Å². The van der Waals surface area contributed by atoms with E-state index in [0.717, 1.165) is 31.6 Å². The van der Waals surface area contributed by atoms with Gasteiger partial charge in [0.05, 0.1) is 19.8 Å². The fraction of sp³-hybridized carbons (Fsp3) is 0.929. The normalized spacial score (nSPS) is 27.2. The van der Waals surface area contributed by atoms with Crippen LogP contribution in [0.4, 0.5) is 0 Å². The number of aliphatic hydroxyl groups is 1. The third-order valence-electron chi connectivity index (χ3n) is 3.81. The second-order valence-electron chi connectivity index (χ2n) is 5.41. The average Bonchev–Trinajstić information content (AvgIpc) is 2.41. The maximum Gasteiger partial charge on any atom is 0.332 e. The predicted molar refractivity (Wildman–Crippen MR) is 72.9 cm³/mol. The zero-order chi connectivity index (χ0) is 14.1. The van der Waals surface area contributed by atoms with Crippen molar-refractivity contribution in [2.24, 2.45) is 5.92 Å². The standard InChI is InChI=1S/C14H27NO4/c1-3-19-13(17)10-18-9-8-15-14(11-16)6-4-12(2)5-7-14/h12,15-16H,3-11H2,1-2H3. The molecular weight excluding hydrogens is 246 g/mol. The highest BCUT2D eigenvalue weighted by atomic mass is 16.6. The molecule has 0 atom stereocenters. The Morgan fingerprint density at radius 3 is 2.68 bits per heavy atom. The highest BCUT2D eigenvalue weighted by Crippen LogP contribution is 2.31. The molecule has 0 saturated heterocycles. The van der Waals surface area contributed by atoms with Gasteiger partial charge < -0.3 is 19.9 Å². The Hall–Kier alpha value is -0.650. The van der Waals surface area contributed by atoms with E-state index in [2.05, 4.69) is 12.2 Å². The Bertz CT molecular complexity index is 262. The summed E-state index contributed by atoms with van der Waals surface area (Å²) in [7, 11) is 0. The Balaban J connectivity index is 2.14. The number of rotatable bonds is 8. The molecular formula is C14H27NO4. The van der Waals surface area contributed by atoms with Gasteiger partial charge in [-0.25, -0.2) is 4.79 Å². The summed E-state index contributed by atoms with van der Waals surface area (Å²) >= 11 is 0. The van der Waals surface area contributed by atoms with Crippen LogP contribution in [0, 0.1) is 5.92 Å². The Labute approximate surface area is 115 Å². The van der Waals surface area contributed by atoms with Crippen molar-refractivity contribution in [2.75, 3.05) is 33.0 Å². The minimum atomic E-state index is -0.328. The number of aliphatic hydroxyl groups excluding tert-OH is 1. The molecule has 0 radical (unpaired) electrons. The molecule has 1 aliphatic rings. The number of carbonyl (C=O) groups excluding carboxylic acids is 1. The first-order chi connectivity index (χ1) is 9.12. The van der Waals surface area contributed by atoms with Crippen molar-refractivity contribution in [3.05, 3.63) is 0 Å². The number of hydrogen-bond donors (Lipinski definition) is 2. The van der Waals surface area contributed by atoms with E-state index < -0.39 is 0 Å². The van der Waals surface area contributed by atoms with Gasteiger partial charge in [0.25, 0.3) is 0 Å². The number of carbonyl (C=O) groups is 1. The Morgan fingerprint density at radius 2 is 2.11 bits per heavy atom. The topological polar surface area (TPSA) is 67.8 Å². The van der Waals surface area contributed by atoms with Crippen molar-refractivity contribution < 1.29 is 19.4 Å². The smallest absolute Gasteiger partial charge is 0.332 e. The van der Waals surface area contributed by atoms with Gasteiger partial charge in [0.15, 0.2) is 0 Å². The van der Waals surface area contributed by atoms with Gasteiger partial charge in [0.2, 0.25) is 0 Å². The van der Waals surface area contributed by atoms with Crippen LogP contribution in [-0.4, -0.2) is 49.6 Å². The highest BCUT2D eigenvalue weighted by Gasteiger charge is 2.32. The summed E-state index contributed by atoms with van der Waals surface area (Å²) in [4.78, 5) is 11.1. The second-order valence-corrected chi connectivity index (χ2v) is 5.41. The number of esters is 1. The molecule has 0 aromatic rings. The summed E-state index contributed by atoms with van der Waals surface area (Å²) in [6.07, 6.45) is 4.31. The lowest BCUT2D eigenvalue weighted by atomic mass is 9.77. The lowest BCUT2D eigenvalue weighted by Gasteiger charge is -2.39. The van der Waals surface area contributed by atoms with Crippen LogP contribution >= 0.6 is 0 Å². The van der Waals surface area contributed by atoms with Gasteiger partial charge in [0.1, 0.15) is 6.61 Å². The molecule has 0 spiro atoms. The quantitative estimate of drug-likeness (QED) is 0.512. The molecule has 1 saturated carbocycles. The molecule has 0 unspecified atom stereocenters. The summed E-state index contributed by atoms with van der Waals surface area (Å²) in [5, 5.41) is 12.9. The molecule has 19 heavy (non-hydrogen) atoms. The lowest BCUT2D eigenvalue weighted by Crippen LogP contribution is -2.51. The van der Waals surface area contributed by atoms with E-state index in [1.807, 2.05) is 0 Å². The highest BCUT2D eigenvalue weighted by molar-refractivity contribution is 5.70. The van der Waals surface area contributed by atoms with Crippen molar-refractivity contribution in [3.8, 4) is 0 Å². The molecule has 0 bridgehead atoms. The number of nitrogens with one attached hydrogen (secondary N) is 1. The summed E-state index contributed by atoms with van der Waals surface area (Å²) in [5.41, 5.74) is -0.153. The molecule has 0 amide bonds. The monoisotopic (exact) mass is 273 g/mol. The van der Waals surface area contributed by atoms with Crippen LogP contribution in [-0.2, 0) is 14.3 Å². The van der Waals surface area contributed by atoms with Crippen molar-refractivity contribution >= 4 is 5.97 Å². The molecule has 0 aromatic carbocycles. The van der Waals surface area contributed by atoms with Crippen LogP contribution in [0.15, 0.2) is 0 Å². The molecule has 5 nitrogen and oxygen atoms in total. The third kappa shape index (κ3) is 5.89. The van der Waals surface area contributed by atoms with Crippen LogP contribution in [0.5, 0.6) is 0 Å². The van der Waals surface area contributed by atoms with Gasteiger partial charge >= 0.3 is 5.97 Å². The molecule has 0 aliphatic heterocycles. The van der Waals surface area contributed by atoms with Crippen LogP contribution in [0.1, 0.15) is 39.5 Å². The summed E-state index contributed by atoms with van der Waals surface area (Å²) in [6.45, 7) is 5.67. The summed E-state index contributed by atoms with van der Waals surface area (Å²) < 4.78 is 10.00. The molecule has 1 rings (SSSR count). The van der Waals surface area contributed by atoms with E-state index in [0.29, 0.717) is 19.8 Å². The molecule has 5 heteroatoms. The molecule has 1 fully saturated rings. The van der Waals surface area contributed by atoms with E-state index >= 15 is 0 Å². The maximum atomic E-state index is 11.1. The lowest BCUT2D eigenvalue weighted by molar-refractivity contribution is -0.148. The SMILES string of the molecule is CCOC(=O)COCCNC1(CO)CCC(C)CC1. The fourth-order valence-electron chi connectivity index (χ4n) is 2.45. The van der Waals surface area contributed by atoms with E-state index in [9.17, 15) is 9.90 Å². The molecule has 1 aliphatic carbocycles. The van der Waals surface area contributed by atoms with Crippen LogP contribution in [0.3, 0.4) is 0 Å². The predicted octanol–water partition coefficient (Wildman–Crippen LogP) is 1.10. The Morgan fingerprint density at radius 1 is 1.42 bits per heavy atom. The van der Waals surface area contributed by atoms with Gasteiger partial charge in [-0.2, -0.15) is 0 Å². The van der Waals surface area contributed by atoms with E-state index in [1.165, 1.54) is 0 Å². The summed E-state index contributed by atoms with van der Waals surface area (Å²) in [5.74, 6) is 0.424. The zero-order valence-electron chi connectivity index (χ0n) is 12.1. The van der Waals surface area contributed by atoms with Crippen LogP contribution in [0.2, 0.25) is 0 Å². The average molecular weight is 273 g/mol. The fourth-order valence-corrected chi connectivity index (χ4v) is 2.45. The van der Waals surface area contributed by atoms with Gasteiger partial charge in [0, 0.05) is 12.1 Å². The minimum absolute atomic E-state index is 0.00131. The number of hydrogen-bond acceptors (Lipinski definition) is 5. The van der Waals surface area contributed by atoms with Crippen molar-refractivity contribution in [2.45, 2.75) is 45.1 Å². The van der Waals surface area contributed by atoms with Crippen molar-refractivity contribution in [1.29, 1.82) is 0 Å². The van der Waals surface area contributed by atoms with Crippen molar-refractivity contribution in [1.82, 2.24) is 5.32 Å². The Kier molecular flexibility index (Phi) is 7.34. The molecule has 112 valence electrons. The first kappa shape index (κ1) is 16.4. The minimum Gasteiger partial charge on any atom is -0.464 e. The molecule has 2 N–H and O–H groups in total. The van der Waals surface area contributed by atoms with Crippen LogP contribution < -0.4 is 5.32 Å². The molecule has 0 heterocycles. The van der Waals surface area contributed by atoms with Crippen LogP contribution in [0.25, 0.3) is 0 Å². The number of ether oxygens (including phenoxy) is 2. The summed E-state index contributed by atoms with van der Waals surface area (Å²) in [6, 6.07) is 0. The van der Waals surface area contributed by atoms with E-state index in [-0.39, 0.29) is 24.7 Å². The maximum absolute atomic E-state index is 11.1. The second kappa shape index (κ2) is 8.51. The van der Waals surface area contributed by atoms with Gasteiger partial charge in [-0.1, -0.05) is 6.92 Å². The van der Waals surface area contributed by atoms with Gasteiger partial charge in [-0.15, -0.1) is 0 Å². The third-order valence-corrected chi connectivity index (χ3v) is 3.81. The van der Waals surface area contributed by atoms with Crippen molar-refractivity contribution in [3.63, 3.8) is 0 Å². The molecule has 0 aromatic heterocycles. The first-order valence-electron chi connectivity index (χ1n) is 7.21. The van der Waals surface area contributed by atoms with E-state index in [4.69, 9.17) is 9.47 Å². The van der Waals surface area contributed by atoms with Gasteiger partial charge in [-0.05, 0) is 38.5 Å². The zero-order valence-corrected chi connectivity index (χ0v) is 12.1. The van der Waals surface area contributed by atoms with E-state index in [1.54, 1.807) is 6.92 Å². The first-order valence-corrected chi connectivity index (χ1v) is 7.21. The largest absolute Gasteiger partial charge is 0.464 e.